The van der Waals surface area contributed by atoms with Crippen molar-refractivity contribution in [1.29, 1.82) is 5.26 Å². The highest BCUT2D eigenvalue weighted by atomic mass is 32.2. The second-order valence-electron chi connectivity index (χ2n) is 6.39. The molecule has 3 aromatic rings. The van der Waals surface area contributed by atoms with Crippen LogP contribution in [0.1, 0.15) is 18.1 Å². The van der Waals surface area contributed by atoms with E-state index in [4.69, 9.17) is 10.00 Å². The van der Waals surface area contributed by atoms with Crippen molar-refractivity contribution in [3.05, 3.63) is 90.0 Å². The number of carbonyl (C=O) groups is 1. The molecular formula is C23H20N2O3S. The average Bonchev–Trinajstić information content (AvgIpc) is 2.75. The zero-order valence-electron chi connectivity index (χ0n) is 15.9. The van der Waals surface area contributed by atoms with E-state index in [1.807, 2.05) is 54.6 Å². The largest absolute Gasteiger partial charge is 0.481 e. The third-order valence-corrected chi connectivity index (χ3v) is 5.56. The molecule has 29 heavy (non-hydrogen) atoms. The van der Waals surface area contributed by atoms with Crippen LogP contribution in [-0.2, 0) is 21.3 Å². The fourth-order valence-corrected chi connectivity index (χ4v) is 3.77. The first-order valence-corrected chi connectivity index (χ1v) is 10.4. The molecule has 0 aliphatic carbocycles. The van der Waals surface area contributed by atoms with Crippen molar-refractivity contribution in [3.63, 3.8) is 0 Å². The monoisotopic (exact) mass is 404 g/mol. The zero-order chi connectivity index (χ0) is 20.6. The van der Waals surface area contributed by atoms with Gasteiger partial charge in [-0.15, -0.1) is 0 Å². The average molecular weight is 404 g/mol. The van der Waals surface area contributed by atoms with Crippen LogP contribution in [0.4, 0.5) is 5.69 Å². The molecule has 2 atom stereocenters. The lowest BCUT2D eigenvalue weighted by atomic mass is 10.2. The van der Waals surface area contributed by atoms with Gasteiger partial charge in [0, 0.05) is 10.6 Å². The Morgan fingerprint density at radius 2 is 1.79 bits per heavy atom. The number of anilines is 1. The number of hydrogen-bond donors (Lipinski definition) is 1. The molecule has 0 fully saturated rings. The Kier molecular flexibility index (Phi) is 6.77. The Balaban J connectivity index is 1.60. The lowest BCUT2D eigenvalue weighted by molar-refractivity contribution is -0.122. The van der Waals surface area contributed by atoms with Gasteiger partial charge in [0.05, 0.1) is 28.2 Å². The number of carbonyl (C=O) groups excluding carboxylic acids is 1. The van der Waals surface area contributed by atoms with Gasteiger partial charge in [-0.05, 0) is 61.0 Å². The molecule has 3 rings (SSSR count). The standard InChI is InChI=1S/C23H20N2O3S/c1-17(28-21-12-10-18(15-24)11-13-21)23(26)25-20-7-5-6-19(14-20)16-29(27)22-8-3-2-4-9-22/h2-14,17H,16H2,1H3,(H,25,26). The Morgan fingerprint density at radius 3 is 2.48 bits per heavy atom. The molecule has 0 bridgehead atoms. The molecule has 0 spiro atoms. The number of benzene rings is 3. The predicted molar refractivity (Wildman–Crippen MR) is 113 cm³/mol. The summed E-state index contributed by atoms with van der Waals surface area (Å²) in [6, 6.07) is 25.2. The van der Waals surface area contributed by atoms with E-state index in [-0.39, 0.29) is 5.91 Å². The number of amides is 1. The van der Waals surface area contributed by atoms with Crippen molar-refractivity contribution in [2.45, 2.75) is 23.7 Å². The van der Waals surface area contributed by atoms with Crippen molar-refractivity contribution in [2.24, 2.45) is 0 Å². The van der Waals surface area contributed by atoms with Gasteiger partial charge in [-0.1, -0.05) is 30.3 Å². The maximum Gasteiger partial charge on any atom is 0.265 e. The summed E-state index contributed by atoms with van der Waals surface area (Å²) < 4.78 is 18.1. The molecule has 3 aromatic carbocycles. The molecular weight excluding hydrogens is 384 g/mol. The first-order valence-electron chi connectivity index (χ1n) is 9.05. The molecule has 0 aliphatic heterocycles. The maximum absolute atomic E-state index is 12.5. The van der Waals surface area contributed by atoms with Crippen LogP contribution >= 0.6 is 0 Å². The fourth-order valence-electron chi connectivity index (χ4n) is 2.66. The number of hydrogen-bond acceptors (Lipinski definition) is 4. The summed E-state index contributed by atoms with van der Waals surface area (Å²) in [4.78, 5) is 13.2. The summed E-state index contributed by atoms with van der Waals surface area (Å²) in [7, 11) is -1.15. The summed E-state index contributed by atoms with van der Waals surface area (Å²) >= 11 is 0. The lowest BCUT2D eigenvalue weighted by Gasteiger charge is -2.15. The Bertz CT molecular complexity index is 1040. The molecule has 146 valence electrons. The molecule has 0 saturated carbocycles. The van der Waals surface area contributed by atoms with Crippen molar-refractivity contribution in [1.82, 2.24) is 0 Å². The fraction of sp³-hybridized carbons (Fsp3) is 0.130. The highest BCUT2D eigenvalue weighted by Crippen LogP contribution is 2.18. The van der Waals surface area contributed by atoms with Crippen LogP contribution in [0.25, 0.3) is 0 Å². The van der Waals surface area contributed by atoms with Crippen LogP contribution in [0.2, 0.25) is 0 Å². The molecule has 1 amide bonds. The van der Waals surface area contributed by atoms with Crippen LogP contribution in [0.5, 0.6) is 5.75 Å². The van der Waals surface area contributed by atoms with Crippen molar-refractivity contribution >= 4 is 22.4 Å². The third-order valence-electron chi connectivity index (χ3n) is 4.16. The van der Waals surface area contributed by atoms with E-state index in [1.165, 1.54) is 0 Å². The van der Waals surface area contributed by atoms with Crippen molar-refractivity contribution in [2.75, 3.05) is 5.32 Å². The van der Waals surface area contributed by atoms with Gasteiger partial charge < -0.3 is 10.1 Å². The minimum atomic E-state index is -1.15. The van der Waals surface area contributed by atoms with E-state index in [0.29, 0.717) is 22.8 Å². The van der Waals surface area contributed by atoms with Gasteiger partial charge in [-0.3, -0.25) is 9.00 Å². The topological polar surface area (TPSA) is 79.2 Å². The van der Waals surface area contributed by atoms with Gasteiger partial charge in [0.25, 0.3) is 5.91 Å². The lowest BCUT2D eigenvalue weighted by Crippen LogP contribution is -2.30. The summed E-state index contributed by atoms with van der Waals surface area (Å²) in [5.41, 5.74) is 2.01. The minimum absolute atomic E-state index is 0.296. The molecule has 2 unspecified atom stereocenters. The molecule has 5 nitrogen and oxygen atoms in total. The SMILES string of the molecule is CC(Oc1ccc(C#N)cc1)C(=O)Nc1cccc(CS(=O)c2ccccc2)c1. The maximum atomic E-state index is 12.5. The molecule has 6 heteroatoms. The van der Waals surface area contributed by atoms with Gasteiger partial charge >= 0.3 is 0 Å². The second-order valence-corrected chi connectivity index (χ2v) is 7.84. The van der Waals surface area contributed by atoms with E-state index in [0.717, 1.165) is 10.5 Å². The summed E-state index contributed by atoms with van der Waals surface area (Å²) in [6.45, 7) is 1.65. The summed E-state index contributed by atoms with van der Waals surface area (Å²) in [6.07, 6.45) is -0.718. The van der Waals surface area contributed by atoms with Gasteiger partial charge in [0.15, 0.2) is 6.10 Å². The zero-order valence-corrected chi connectivity index (χ0v) is 16.7. The quantitative estimate of drug-likeness (QED) is 0.638. The summed E-state index contributed by atoms with van der Waals surface area (Å²) in [5, 5.41) is 11.7. The van der Waals surface area contributed by atoms with Crippen LogP contribution in [0.3, 0.4) is 0 Å². The number of ether oxygens (including phenoxy) is 1. The van der Waals surface area contributed by atoms with Crippen LogP contribution in [0.15, 0.2) is 83.8 Å². The Hall–Kier alpha value is -3.43. The molecule has 0 radical (unpaired) electrons. The van der Waals surface area contributed by atoms with Crippen molar-refractivity contribution < 1.29 is 13.7 Å². The predicted octanol–water partition coefficient (Wildman–Crippen LogP) is 4.27. The van der Waals surface area contributed by atoms with Crippen LogP contribution in [-0.4, -0.2) is 16.2 Å². The number of nitrogens with one attached hydrogen (secondary N) is 1. The first-order chi connectivity index (χ1) is 14.0. The number of nitriles is 1. The van der Waals surface area contributed by atoms with E-state index < -0.39 is 16.9 Å². The van der Waals surface area contributed by atoms with Crippen LogP contribution in [0, 0.1) is 11.3 Å². The van der Waals surface area contributed by atoms with E-state index >= 15 is 0 Å². The first kappa shape index (κ1) is 20.3. The Labute approximate surface area is 172 Å². The van der Waals surface area contributed by atoms with Crippen LogP contribution < -0.4 is 10.1 Å². The smallest absolute Gasteiger partial charge is 0.265 e. The molecule has 0 saturated heterocycles. The highest BCUT2D eigenvalue weighted by Gasteiger charge is 2.15. The second kappa shape index (κ2) is 9.67. The van der Waals surface area contributed by atoms with E-state index in [1.54, 1.807) is 37.3 Å². The third kappa shape index (κ3) is 5.77. The molecule has 1 N–H and O–H groups in total. The Morgan fingerprint density at radius 1 is 1.07 bits per heavy atom. The number of nitrogens with zero attached hydrogens (tertiary/aromatic N) is 1. The van der Waals surface area contributed by atoms with E-state index in [9.17, 15) is 9.00 Å². The minimum Gasteiger partial charge on any atom is -0.481 e. The van der Waals surface area contributed by atoms with Gasteiger partial charge in [0.2, 0.25) is 0 Å². The molecule has 0 aliphatic rings. The van der Waals surface area contributed by atoms with Gasteiger partial charge in [-0.2, -0.15) is 5.26 Å². The molecule has 0 heterocycles. The molecule has 0 aromatic heterocycles. The highest BCUT2D eigenvalue weighted by molar-refractivity contribution is 7.84. The van der Waals surface area contributed by atoms with E-state index in [2.05, 4.69) is 5.32 Å². The number of rotatable bonds is 7. The normalized spacial score (nSPS) is 12.4. The van der Waals surface area contributed by atoms with Gasteiger partial charge in [-0.25, -0.2) is 0 Å². The summed E-state index contributed by atoms with van der Waals surface area (Å²) in [5.74, 6) is 0.583. The van der Waals surface area contributed by atoms with Crippen molar-refractivity contribution in [3.8, 4) is 11.8 Å². The van der Waals surface area contributed by atoms with Gasteiger partial charge in [0.1, 0.15) is 5.75 Å².